The maximum atomic E-state index is 10.6. The summed E-state index contributed by atoms with van der Waals surface area (Å²) in [7, 11) is 0. The molecule has 0 radical (unpaired) electrons. The number of fused-ring (bicyclic) bond motifs is 1. The minimum absolute atomic E-state index is 0.222. The van der Waals surface area contributed by atoms with Crippen molar-refractivity contribution >= 4 is 27.5 Å². The fraction of sp³-hybridized carbons (Fsp3) is 0.429. The summed E-state index contributed by atoms with van der Waals surface area (Å²) in [5.74, 6) is -0.222. The summed E-state index contributed by atoms with van der Waals surface area (Å²) in [6.07, 6.45) is 4.20. The predicted octanol–water partition coefficient (Wildman–Crippen LogP) is 2.60. The molecule has 2 rings (SSSR count). The van der Waals surface area contributed by atoms with Crippen molar-refractivity contribution in [2.24, 2.45) is 5.73 Å². The van der Waals surface area contributed by atoms with Crippen LogP contribution in [0.25, 0.3) is 10.2 Å². The Balaban J connectivity index is 1.82. The molecule has 2 heterocycles. The molecular weight excluding hydrogens is 258 g/mol. The third-order valence-corrected chi connectivity index (χ3v) is 3.98. The first-order valence-electron chi connectivity index (χ1n) is 6.51. The van der Waals surface area contributed by atoms with Gasteiger partial charge in [0.25, 0.3) is 0 Å². The van der Waals surface area contributed by atoms with Crippen molar-refractivity contribution in [3.63, 3.8) is 0 Å². The molecule has 0 aliphatic carbocycles. The number of carbonyl (C=O) groups is 1. The molecule has 2 aromatic heterocycles. The fourth-order valence-corrected chi connectivity index (χ4v) is 2.75. The quantitative estimate of drug-likeness (QED) is 0.764. The number of nitrogens with two attached hydrogens (primary N) is 1. The highest BCUT2D eigenvalue weighted by Crippen LogP contribution is 2.22. The second-order valence-corrected chi connectivity index (χ2v) is 5.62. The van der Waals surface area contributed by atoms with Crippen molar-refractivity contribution in [2.75, 3.05) is 6.54 Å². The summed E-state index contributed by atoms with van der Waals surface area (Å²) in [4.78, 5) is 15.1. The van der Waals surface area contributed by atoms with Gasteiger partial charge in [-0.1, -0.05) is 0 Å². The zero-order valence-corrected chi connectivity index (χ0v) is 11.9. The first-order valence-corrected chi connectivity index (χ1v) is 7.39. The molecule has 3 N–H and O–H groups in total. The lowest BCUT2D eigenvalue weighted by Gasteiger charge is -2.13. The molecule has 5 heteroatoms. The normalized spacial score (nSPS) is 12.7. The van der Waals surface area contributed by atoms with Gasteiger partial charge in [-0.2, -0.15) is 0 Å². The molecule has 0 spiro atoms. The van der Waals surface area contributed by atoms with Gasteiger partial charge in [-0.15, -0.1) is 11.3 Å². The van der Waals surface area contributed by atoms with Gasteiger partial charge >= 0.3 is 0 Å². The minimum atomic E-state index is -0.222. The molecule has 2 aromatic rings. The number of rotatable bonds is 7. The van der Waals surface area contributed by atoms with Crippen LogP contribution in [-0.4, -0.2) is 17.4 Å². The highest BCUT2D eigenvalue weighted by Gasteiger charge is 2.06. The Morgan fingerprint density at radius 2 is 2.37 bits per heavy atom. The third kappa shape index (κ3) is 4.01. The molecule has 0 saturated carbocycles. The third-order valence-electron chi connectivity index (χ3n) is 3.12. The number of nitrogens with zero attached hydrogens (tertiary/aromatic N) is 1. The van der Waals surface area contributed by atoms with Gasteiger partial charge in [0.1, 0.15) is 0 Å². The summed E-state index contributed by atoms with van der Waals surface area (Å²) < 4.78 is 1.22. The van der Waals surface area contributed by atoms with Crippen LogP contribution in [0, 0.1) is 0 Å². The zero-order valence-electron chi connectivity index (χ0n) is 11.1. The number of aromatic nitrogens is 1. The average Bonchev–Trinajstić information content (AvgIpc) is 2.84. The molecule has 1 unspecified atom stereocenters. The van der Waals surface area contributed by atoms with Crippen molar-refractivity contribution in [2.45, 2.75) is 32.2 Å². The van der Waals surface area contributed by atoms with Gasteiger partial charge in [0.2, 0.25) is 5.91 Å². The Morgan fingerprint density at radius 1 is 1.53 bits per heavy atom. The van der Waals surface area contributed by atoms with E-state index in [-0.39, 0.29) is 11.9 Å². The van der Waals surface area contributed by atoms with Crippen molar-refractivity contribution in [3.8, 4) is 0 Å². The van der Waals surface area contributed by atoms with Crippen molar-refractivity contribution in [3.05, 3.63) is 29.3 Å². The lowest BCUT2D eigenvalue weighted by molar-refractivity contribution is -0.118. The second-order valence-electron chi connectivity index (χ2n) is 4.67. The number of hydrogen-bond donors (Lipinski definition) is 2. The number of thiophene rings is 1. The smallest absolute Gasteiger partial charge is 0.217 e. The van der Waals surface area contributed by atoms with Gasteiger partial charge in [0.05, 0.1) is 10.2 Å². The highest BCUT2D eigenvalue weighted by atomic mass is 32.1. The Bertz CT molecular complexity index is 552. The van der Waals surface area contributed by atoms with E-state index in [1.165, 1.54) is 10.3 Å². The molecule has 4 nitrogen and oxygen atoms in total. The largest absolute Gasteiger partial charge is 0.370 e. The fourth-order valence-electron chi connectivity index (χ4n) is 1.96. The summed E-state index contributed by atoms with van der Waals surface area (Å²) in [5, 5.41) is 5.50. The lowest BCUT2D eigenvalue weighted by atomic mass is 10.1. The van der Waals surface area contributed by atoms with Crippen LogP contribution in [0.3, 0.4) is 0 Å². The average molecular weight is 277 g/mol. The standard InChI is InChI=1S/C14H19N3OS/c1-10(16-6-3-2-4-14(15)18)11-8-13-12(17-9-11)5-7-19-13/h5,7-10,16H,2-4,6H2,1H3,(H2,15,18). The first-order chi connectivity index (χ1) is 9.16. The molecule has 19 heavy (non-hydrogen) atoms. The van der Waals surface area contributed by atoms with E-state index in [1.807, 2.05) is 12.3 Å². The van der Waals surface area contributed by atoms with Crippen LogP contribution < -0.4 is 11.1 Å². The van der Waals surface area contributed by atoms with E-state index in [9.17, 15) is 4.79 Å². The summed E-state index contributed by atoms with van der Waals surface area (Å²) in [6, 6.07) is 4.49. The highest BCUT2D eigenvalue weighted by molar-refractivity contribution is 7.17. The van der Waals surface area contributed by atoms with E-state index in [1.54, 1.807) is 11.3 Å². The minimum Gasteiger partial charge on any atom is -0.370 e. The number of nitrogens with one attached hydrogen (secondary N) is 1. The van der Waals surface area contributed by atoms with Crippen LogP contribution in [0.5, 0.6) is 0 Å². The molecule has 0 saturated heterocycles. The Labute approximate surface area is 117 Å². The number of primary amides is 1. The molecular formula is C14H19N3OS. The maximum Gasteiger partial charge on any atom is 0.217 e. The van der Waals surface area contributed by atoms with Gasteiger partial charge in [-0.25, -0.2) is 0 Å². The number of amides is 1. The molecule has 102 valence electrons. The van der Waals surface area contributed by atoms with E-state index < -0.39 is 0 Å². The first kappa shape index (κ1) is 14.0. The molecule has 0 aliphatic rings. The molecule has 1 amide bonds. The maximum absolute atomic E-state index is 10.6. The SMILES string of the molecule is CC(NCCCCC(N)=O)c1cnc2ccsc2c1. The topological polar surface area (TPSA) is 68.0 Å². The van der Waals surface area contributed by atoms with Gasteiger partial charge in [0.15, 0.2) is 0 Å². The predicted molar refractivity (Wildman–Crippen MR) is 79.1 cm³/mol. The van der Waals surface area contributed by atoms with Gasteiger partial charge in [-0.05, 0) is 49.4 Å². The molecule has 0 bridgehead atoms. The second kappa shape index (κ2) is 6.63. The van der Waals surface area contributed by atoms with E-state index >= 15 is 0 Å². The Hall–Kier alpha value is -1.46. The van der Waals surface area contributed by atoms with Crippen LogP contribution in [0.15, 0.2) is 23.7 Å². The van der Waals surface area contributed by atoms with Gasteiger partial charge in [-0.3, -0.25) is 9.78 Å². The molecule has 0 aromatic carbocycles. The van der Waals surface area contributed by atoms with Crippen molar-refractivity contribution in [1.29, 1.82) is 0 Å². The number of hydrogen-bond acceptors (Lipinski definition) is 4. The van der Waals surface area contributed by atoms with E-state index in [4.69, 9.17) is 5.73 Å². The summed E-state index contributed by atoms with van der Waals surface area (Å²) in [5.41, 5.74) is 7.36. The Kier molecular flexibility index (Phi) is 4.87. The summed E-state index contributed by atoms with van der Waals surface area (Å²) >= 11 is 1.71. The van der Waals surface area contributed by atoms with Crippen LogP contribution >= 0.6 is 11.3 Å². The molecule has 0 aliphatic heterocycles. The van der Waals surface area contributed by atoms with Crippen LogP contribution in [0.1, 0.15) is 37.8 Å². The van der Waals surface area contributed by atoms with Crippen LogP contribution in [0.4, 0.5) is 0 Å². The number of carbonyl (C=O) groups excluding carboxylic acids is 1. The van der Waals surface area contributed by atoms with E-state index in [0.29, 0.717) is 6.42 Å². The monoisotopic (exact) mass is 277 g/mol. The number of unbranched alkanes of at least 4 members (excludes halogenated alkanes) is 1. The lowest BCUT2D eigenvalue weighted by Crippen LogP contribution is -2.20. The van der Waals surface area contributed by atoms with Crippen molar-refractivity contribution < 1.29 is 4.79 Å². The van der Waals surface area contributed by atoms with E-state index in [0.717, 1.165) is 24.9 Å². The molecule has 1 atom stereocenters. The number of pyridine rings is 1. The van der Waals surface area contributed by atoms with Gasteiger partial charge in [0, 0.05) is 18.7 Å². The van der Waals surface area contributed by atoms with Gasteiger partial charge < -0.3 is 11.1 Å². The van der Waals surface area contributed by atoms with Crippen LogP contribution in [0.2, 0.25) is 0 Å². The van der Waals surface area contributed by atoms with E-state index in [2.05, 4.69) is 28.7 Å². The zero-order chi connectivity index (χ0) is 13.7. The summed E-state index contributed by atoms with van der Waals surface area (Å²) in [6.45, 7) is 3.02. The molecule has 0 fully saturated rings. The van der Waals surface area contributed by atoms with Crippen molar-refractivity contribution in [1.82, 2.24) is 10.3 Å². The van der Waals surface area contributed by atoms with Crippen LogP contribution in [-0.2, 0) is 4.79 Å². The Morgan fingerprint density at radius 3 is 3.16 bits per heavy atom.